The average Bonchev–Trinajstić information content (AvgIpc) is 3.47. The van der Waals surface area contributed by atoms with E-state index in [1.807, 2.05) is 36.4 Å². The summed E-state index contributed by atoms with van der Waals surface area (Å²) in [5.74, 6) is 3.86. The number of hydrogen-bond acceptors (Lipinski definition) is 5. The van der Waals surface area contributed by atoms with Gasteiger partial charge in [0.15, 0.2) is 11.6 Å². The number of benzene rings is 3. The Labute approximate surface area is 184 Å². The second-order valence-electron chi connectivity index (χ2n) is 7.05. The molecule has 5 nitrogen and oxygen atoms in total. The lowest BCUT2D eigenvalue weighted by Gasteiger charge is -2.06. The van der Waals surface area contributed by atoms with E-state index in [9.17, 15) is 0 Å². The third-order valence-corrected chi connectivity index (χ3v) is 5.83. The zero-order valence-electron chi connectivity index (χ0n) is 17.3. The third kappa shape index (κ3) is 3.82. The van der Waals surface area contributed by atoms with Gasteiger partial charge in [-0.3, -0.25) is 5.10 Å². The maximum atomic E-state index is 6.36. The highest BCUT2D eigenvalue weighted by molar-refractivity contribution is 7.99. The summed E-state index contributed by atoms with van der Waals surface area (Å²) in [6, 6.07) is 24.7. The lowest BCUT2D eigenvalue weighted by molar-refractivity contribution is 0.415. The number of rotatable bonds is 6. The van der Waals surface area contributed by atoms with Crippen molar-refractivity contribution in [3.05, 3.63) is 72.8 Å². The molecule has 5 aromatic rings. The number of hydrogen-bond donors (Lipinski definition) is 1. The second kappa shape index (κ2) is 8.32. The zero-order chi connectivity index (χ0) is 21.2. The Bertz CT molecular complexity index is 1340. The average molecular weight is 428 g/mol. The van der Waals surface area contributed by atoms with Gasteiger partial charge in [0.1, 0.15) is 11.5 Å². The Balaban J connectivity index is 1.64. The first-order chi connectivity index (χ1) is 15.2. The van der Waals surface area contributed by atoms with Crippen molar-refractivity contribution in [2.45, 2.75) is 12.1 Å². The molecule has 0 aliphatic carbocycles. The SMILES string of the molecule is CCSc1n[nH]c(-c2cc(-c3ccccc3)c(-c3ccc4cc(OC)ccc4c3)o2)n1. The van der Waals surface area contributed by atoms with Gasteiger partial charge in [0, 0.05) is 11.1 Å². The molecule has 0 saturated carbocycles. The fourth-order valence-electron chi connectivity index (χ4n) is 3.60. The fourth-order valence-corrected chi connectivity index (χ4v) is 4.12. The minimum atomic E-state index is 0.630. The van der Waals surface area contributed by atoms with Crippen LogP contribution < -0.4 is 4.74 Å². The summed E-state index contributed by atoms with van der Waals surface area (Å²) < 4.78 is 11.7. The van der Waals surface area contributed by atoms with Gasteiger partial charge in [-0.25, -0.2) is 0 Å². The third-order valence-electron chi connectivity index (χ3n) is 5.10. The minimum absolute atomic E-state index is 0.630. The van der Waals surface area contributed by atoms with Crippen LogP contribution in [0.15, 0.2) is 82.4 Å². The molecule has 6 heteroatoms. The molecule has 0 bridgehead atoms. The van der Waals surface area contributed by atoms with Crippen LogP contribution in [0, 0.1) is 0 Å². The van der Waals surface area contributed by atoms with Gasteiger partial charge in [-0.05, 0) is 46.4 Å². The molecular formula is C25H21N3O2S. The van der Waals surface area contributed by atoms with Crippen LogP contribution >= 0.6 is 11.8 Å². The van der Waals surface area contributed by atoms with Crippen molar-refractivity contribution in [2.24, 2.45) is 0 Å². The Morgan fingerprint density at radius 3 is 2.55 bits per heavy atom. The first-order valence-corrected chi connectivity index (χ1v) is 11.1. The number of aromatic nitrogens is 3. The van der Waals surface area contributed by atoms with Crippen molar-refractivity contribution in [1.82, 2.24) is 15.2 Å². The topological polar surface area (TPSA) is 63.9 Å². The summed E-state index contributed by atoms with van der Waals surface area (Å²) in [6.45, 7) is 2.08. The smallest absolute Gasteiger partial charge is 0.208 e. The molecule has 0 amide bonds. The van der Waals surface area contributed by atoms with Gasteiger partial charge < -0.3 is 9.15 Å². The number of aromatic amines is 1. The maximum absolute atomic E-state index is 6.36. The predicted octanol–water partition coefficient (Wildman–Crippen LogP) is 6.67. The van der Waals surface area contributed by atoms with Gasteiger partial charge in [-0.1, -0.05) is 67.2 Å². The molecule has 0 spiro atoms. The van der Waals surface area contributed by atoms with Gasteiger partial charge in [-0.15, -0.1) is 5.10 Å². The standard InChI is InChI=1S/C25H21N3O2S/c1-3-31-25-26-24(27-28-25)22-15-21(16-7-5-4-6-8-16)23(30-22)19-10-9-18-14-20(29-2)12-11-17(18)13-19/h4-15H,3H2,1-2H3,(H,26,27,28). The Morgan fingerprint density at radius 2 is 1.74 bits per heavy atom. The van der Waals surface area contributed by atoms with Crippen LogP contribution in [0.5, 0.6) is 5.75 Å². The molecule has 0 saturated heterocycles. The van der Waals surface area contributed by atoms with Crippen molar-refractivity contribution in [1.29, 1.82) is 0 Å². The van der Waals surface area contributed by atoms with Crippen molar-refractivity contribution in [3.63, 3.8) is 0 Å². The van der Waals surface area contributed by atoms with Crippen molar-refractivity contribution < 1.29 is 9.15 Å². The summed E-state index contributed by atoms with van der Waals surface area (Å²) in [6.07, 6.45) is 0. The zero-order valence-corrected chi connectivity index (χ0v) is 18.1. The summed E-state index contributed by atoms with van der Waals surface area (Å²) in [7, 11) is 1.68. The molecule has 0 aliphatic rings. The normalized spacial score (nSPS) is 11.2. The molecule has 5 rings (SSSR count). The van der Waals surface area contributed by atoms with Gasteiger partial charge in [-0.2, -0.15) is 4.98 Å². The number of methoxy groups -OCH3 is 1. The molecule has 31 heavy (non-hydrogen) atoms. The molecule has 3 aromatic carbocycles. The summed E-state index contributed by atoms with van der Waals surface area (Å²) in [5, 5.41) is 10.2. The number of H-pyrrole nitrogens is 1. The van der Waals surface area contributed by atoms with Crippen LogP contribution in [-0.2, 0) is 0 Å². The van der Waals surface area contributed by atoms with E-state index in [4.69, 9.17) is 9.15 Å². The molecule has 0 radical (unpaired) electrons. The first-order valence-electron chi connectivity index (χ1n) is 10.1. The summed E-state index contributed by atoms with van der Waals surface area (Å²) in [4.78, 5) is 4.57. The number of nitrogens with one attached hydrogen (secondary N) is 1. The van der Waals surface area contributed by atoms with Crippen LogP contribution in [0.4, 0.5) is 0 Å². The van der Waals surface area contributed by atoms with Crippen LogP contribution in [0.1, 0.15) is 6.92 Å². The molecule has 0 unspecified atom stereocenters. The molecule has 2 heterocycles. The minimum Gasteiger partial charge on any atom is -0.497 e. The number of thioether (sulfide) groups is 1. The molecular weight excluding hydrogens is 406 g/mol. The molecule has 0 aliphatic heterocycles. The molecule has 2 aromatic heterocycles. The van der Waals surface area contributed by atoms with Crippen LogP contribution in [-0.4, -0.2) is 28.0 Å². The summed E-state index contributed by atoms with van der Waals surface area (Å²) >= 11 is 1.59. The second-order valence-corrected chi connectivity index (χ2v) is 8.28. The van der Waals surface area contributed by atoms with E-state index >= 15 is 0 Å². The Hall–Kier alpha value is -3.51. The van der Waals surface area contributed by atoms with E-state index in [1.165, 1.54) is 0 Å². The molecule has 0 atom stereocenters. The monoisotopic (exact) mass is 427 g/mol. The van der Waals surface area contributed by atoms with Gasteiger partial charge in [0.2, 0.25) is 5.16 Å². The van der Waals surface area contributed by atoms with Gasteiger partial charge in [0.05, 0.1) is 7.11 Å². The lowest BCUT2D eigenvalue weighted by Crippen LogP contribution is -1.84. The van der Waals surface area contributed by atoms with Crippen LogP contribution in [0.25, 0.3) is 44.8 Å². The van der Waals surface area contributed by atoms with Gasteiger partial charge >= 0.3 is 0 Å². The largest absolute Gasteiger partial charge is 0.497 e. The number of furan rings is 1. The highest BCUT2D eigenvalue weighted by atomic mass is 32.2. The predicted molar refractivity (Wildman–Crippen MR) is 125 cm³/mol. The van der Waals surface area contributed by atoms with Crippen molar-refractivity contribution >= 4 is 22.5 Å². The Morgan fingerprint density at radius 1 is 0.935 bits per heavy atom. The lowest BCUT2D eigenvalue weighted by atomic mass is 9.99. The van der Waals surface area contributed by atoms with Crippen LogP contribution in [0.2, 0.25) is 0 Å². The van der Waals surface area contributed by atoms with E-state index in [0.717, 1.165) is 49.9 Å². The van der Waals surface area contributed by atoms with E-state index < -0.39 is 0 Å². The van der Waals surface area contributed by atoms with Crippen molar-refractivity contribution in [3.8, 4) is 39.8 Å². The number of fused-ring (bicyclic) bond motifs is 1. The fraction of sp³-hybridized carbons (Fsp3) is 0.120. The molecule has 1 N–H and O–H groups in total. The van der Waals surface area contributed by atoms with Gasteiger partial charge in [0.25, 0.3) is 0 Å². The van der Waals surface area contributed by atoms with Crippen LogP contribution in [0.3, 0.4) is 0 Å². The molecule has 0 fully saturated rings. The Kier molecular flexibility index (Phi) is 5.22. The number of nitrogens with zero attached hydrogens (tertiary/aromatic N) is 2. The highest BCUT2D eigenvalue weighted by Gasteiger charge is 2.18. The van der Waals surface area contributed by atoms with Crippen molar-refractivity contribution in [2.75, 3.05) is 12.9 Å². The maximum Gasteiger partial charge on any atom is 0.208 e. The number of ether oxygens (including phenoxy) is 1. The van der Waals surface area contributed by atoms with E-state index in [-0.39, 0.29) is 0 Å². The van der Waals surface area contributed by atoms with E-state index in [0.29, 0.717) is 11.6 Å². The summed E-state index contributed by atoms with van der Waals surface area (Å²) in [5.41, 5.74) is 3.11. The van der Waals surface area contributed by atoms with E-state index in [1.54, 1.807) is 18.9 Å². The first kappa shape index (κ1) is 19.5. The van der Waals surface area contributed by atoms with E-state index in [2.05, 4.69) is 58.5 Å². The highest BCUT2D eigenvalue weighted by Crippen LogP contribution is 2.39. The molecule has 154 valence electrons. The quantitative estimate of drug-likeness (QED) is 0.307.